The van der Waals surface area contributed by atoms with E-state index in [2.05, 4.69) is 56.1 Å². The predicted molar refractivity (Wildman–Crippen MR) is 78.0 cm³/mol. The third kappa shape index (κ3) is 2.52. The topological polar surface area (TPSA) is 32.5 Å². The number of hydrogen-bond acceptors (Lipinski definition) is 3. The molecule has 2 unspecified atom stereocenters. The normalized spacial score (nSPS) is 24.5. The summed E-state index contributed by atoms with van der Waals surface area (Å²) in [5, 5.41) is 0. The number of hydrogen-bond donors (Lipinski definition) is 1. The molecule has 1 aliphatic heterocycles. The van der Waals surface area contributed by atoms with Crippen molar-refractivity contribution < 1.29 is 0 Å². The summed E-state index contributed by atoms with van der Waals surface area (Å²) < 4.78 is 0. The lowest BCUT2D eigenvalue weighted by Gasteiger charge is -2.23. The molecular weight excluding hydrogens is 222 g/mol. The van der Waals surface area contributed by atoms with E-state index in [0.717, 1.165) is 13.1 Å². The van der Waals surface area contributed by atoms with Gasteiger partial charge in [-0.2, -0.15) is 0 Å². The molecule has 1 heterocycles. The molecule has 1 aromatic rings. The molecule has 1 aliphatic rings. The minimum absolute atomic E-state index is 0.526. The van der Waals surface area contributed by atoms with Crippen LogP contribution in [0, 0.1) is 12.8 Å². The molecular formula is C15H25N3. The molecule has 2 rings (SSSR count). The van der Waals surface area contributed by atoms with Crippen LogP contribution in [-0.4, -0.2) is 39.1 Å². The van der Waals surface area contributed by atoms with Crippen molar-refractivity contribution in [2.24, 2.45) is 11.7 Å². The maximum absolute atomic E-state index is 5.80. The van der Waals surface area contributed by atoms with Crippen LogP contribution in [-0.2, 0) is 0 Å². The van der Waals surface area contributed by atoms with Gasteiger partial charge in [0.1, 0.15) is 0 Å². The largest absolute Gasteiger partial charge is 0.377 e. The van der Waals surface area contributed by atoms with Crippen LogP contribution >= 0.6 is 0 Å². The first kappa shape index (κ1) is 13.4. The molecule has 3 nitrogen and oxygen atoms in total. The molecule has 2 atom stereocenters. The number of anilines is 1. The number of rotatable bonds is 3. The molecule has 100 valence electrons. The van der Waals surface area contributed by atoms with Gasteiger partial charge in [-0.15, -0.1) is 0 Å². The molecule has 0 aromatic heterocycles. The van der Waals surface area contributed by atoms with Gasteiger partial charge in [0.05, 0.1) is 0 Å². The Morgan fingerprint density at radius 1 is 1.39 bits per heavy atom. The lowest BCUT2D eigenvalue weighted by Crippen LogP contribution is -2.21. The van der Waals surface area contributed by atoms with Gasteiger partial charge in [-0.25, -0.2) is 0 Å². The van der Waals surface area contributed by atoms with Gasteiger partial charge in [0.25, 0.3) is 0 Å². The van der Waals surface area contributed by atoms with E-state index in [1.807, 2.05) is 0 Å². The first-order chi connectivity index (χ1) is 8.52. The van der Waals surface area contributed by atoms with Gasteiger partial charge >= 0.3 is 0 Å². The second kappa shape index (κ2) is 5.29. The number of nitrogens with two attached hydrogens (primary N) is 1. The molecule has 0 aliphatic carbocycles. The van der Waals surface area contributed by atoms with Crippen molar-refractivity contribution in [2.75, 3.05) is 39.1 Å². The summed E-state index contributed by atoms with van der Waals surface area (Å²) in [6, 6.07) is 7.35. The fraction of sp³-hybridized carbons (Fsp3) is 0.600. The van der Waals surface area contributed by atoms with E-state index in [9.17, 15) is 0 Å². The summed E-state index contributed by atoms with van der Waals surface area (Å²) in [6.45, 7) is 4.08. The molecule has 18 heavy (non-hydrogen) atoms. The highest BCUT2D eigenvalue weighted by atomic mass is 15.2. The fourth-order valence-corrected chi connectivity index (χ4v) is 2.98. The minimum atomic E-state index is 0.526. The van der Waals surface area contributed by atoms with E-state index in [-0.39, 0.29) is 0 Å². The zero-order chi connectivity index (χ0) is 13.3. The number of nitrogens with zero attached hydrogens (tertiary/aromatic N) is 2. The summed E-state index contributed by atoms with van der Waals surface area (Å²) in [5.41, 5.74) is 9.87. The van der Waals surface area contributed by atoms with E-state index in [1.54, 1.807) is 0 Å². The van der Waals surface area contributed by atoms with Crippen LogP contribution in [0.4, 0.5) is 5.69 Å². The Labute approximate surface area is 111 Å². The van der Waals surface area contributed by atoms with E-state index in [4.69, 9.17) is 5.73 Å². The van der Waals surface area contributed by atoms with E-state index in [0.29, 0.717) is 12.0 Å². The van der Waals surface area contributed by atoms with Gasteiger partial charge in [0.15, 0.2) is 0 Å². The Morgan fingerprint density at radius 3 is 2.67 bits per heavy atom. The van der Waals surface area contributed by atoms with Crippen molar-refractivity contribution in [3.8, 4) is 0 Å². The number of likely N-dealkylation sites (tertiary alicyclic amines) is 1. The number of aryl methyl sites for hydroxylation is 1. The van der Waals surface area contributed by atoms with E-state index in [1.165, 1.54) is 23.2 Å². The molecule has 1 aromatic carbocycles. The molecule has 2 N–H and O–H groups in total. The zero-order valence-corrected chi connectivity index (χ0v) is 12.0. The molecule has 3 heteroatoms. The smallest absolute Gasteiger partial charge is 0.0394 e. The van der Waals surface area contributed by atoms with Crippen LogP contribution < -0.4 is 10.6 Å². The van der Waals surface area contributed by atoms with Crippen LogP contribution in [0.2, 0.25) is 0 Å². The first-order valence-corrected chi connectivity index (χ1v) is 6.71. The average molecular weight is 247 g/mol. The summed E-state index contributed by atoms with van der Waals surface area (Å²) in [6.07, 6.45) is 1.18. The van der Waals surface area contributed by atoms with Gasteiger partial charge in [0, 0.05) is 32.4 Å². The fourth-order valence-electron chi connectivity index (χ4n) is 2.98. The second-order valence-electron chi connectivity index (χ2n) is 5.73. The number of benzene rings is 1. The standard InChI is InChI=1S/C15H25N3/c1-11-5-6-13(8-14(11)17(2)3)15-7-12(9-16)10-18(15)4/h5-6,8,12,15H,7,9-10,16H2,1-4H3. The van der Waals surface area contributed by atoms with Crippen molar-refractivity contribution in [1.29, 1.82) is 0 Å². The Balaban J connectivity index is 2.26. The summed E-state index contributed by atoms with van der Waals surface area (Å²) in [5.74, 6) is 0.643. The quantitative estimate of drug-likeness (QED) is 0.887. The van der Waals surface area contributed by atoms with Gasteiger partial charge in [-0.05, 0) is 50.0 Å². The van der Waals surface area contributed by atoms with E-state index >= 15 is 0 Å². The van der Waals surface area contributed by atoms with Gasteiger partial charge in [0.2, 0.25) is 0 Å². The van der Waals surface area contributed by atoms with Crippen molar-refractivity contribution in [3.63, 3.8) is 0 Å². The average Bonchev–Trinajstić information content (AvgIpc) is 2.71. The maximum Gasteiger partial charge on any atom is 0.0394 e. The molecule has 0 radical (unpaired) electrons. The lowest BCUT2D eigenvalue weighted by molar-refractivity contribution is 0.313. The first-order valence-electron chi connectivity index (χ1n) is 6.71. The monoisotopic (exact) mass is 247 g/mol. The minimum Gasteiger partial charge on any atom is -0.377 e. The summed E-state index contributed by atoms with van der Waals surface area (Å²) in [4.78, 5) is 4.62. The van der Waals surface area contributed by atoms with Crippen LogP contribution in [0.25, 0.3) is 0 Å². The second-order valence-corrected chi connectivity index (χ2v) is 5.73. The Kier molecular flexibility index (Phi) is 3.93. The third-order valence-corrected chi connectivity index (χ3v) is 4.07. The molecule has 1 fully saturated rings. The van der Waals surface area contributed by atoms with Crippen LogP contribution in [0.1, 0.15) is 23.6 Å². The SMILES string of the molecule is Cc1ccc(C2CC(CN)CN2C)cc1N(C)C. The van der Waals surface area contributed by atoms with E-state index < -0.39 is 0 Å². The summed E-state index contributed by atoms with van der Waals surface area (Å²) in [7, 11) is 6.41. The molecule has 1 saturated heterocycles. The highest BCUT2D eigenvalue weighted by Gasteiger charge is 2.29. The Bertz CT molecular complexity index is 414. The predicted octanol–water partition coefficient (Wildman–Crippen LogP) is 2.01. The van der Waals surface area contributed by atoms with Gasteiger partial charge in [-0.3, -0.25) is 4.90 Å². The Morgan fingerprint density at radius 2 is 2.11 bits per heavy atom. The third-order valence-electron chi connectivity index (χ3n) is 4.07. The molecule has 0 saturated carbocycles. The van der Waals surface area contributed by atoms with Crippen molar-refractivity contribution in [1.82, 2.24) is 4.90 Å². The van der Waals surface area contributed by atoms with Crippen molar-refractivity contribution in [2.45, 2.75) is 19.4 Å². The highest BCUT2D eigenvalue weighted by Crippen LogP contribution is 2.35. The Hall–Kier alpha value is -1.06. The molecule has 0 bridgehead atoms. The van der Waals surface area contributed by atoms with Crippen LogP contribution in [0.3, 0.4) is 0 Å². The van der Waals surface area contributed by atoms with Gasteiger partial charge < -0.3 is 10.6 Å². The summed E-state index contributed by atoms with van der Waals surface area (Å²) >= 11 is 0. The molecule has 0 spiro atoms. The zero-order valence-electron chi connectivity index (χ0n) is 12.0. The van der Waals surface area contributed by atoms with Crippen molar-refractivity contribution in [3.05, 3.63) is 29.3 Å². The van der Waals surface area contributed by atoms with Crippen LogP contribution in [0.15, 0.2) is 18.2 Å². The van der Waals surface area contributed by atoms with Crippen LogP contribution in [0.5, 0.6) is 0 Å². The maximum atomic E-state index is 5.80. The molecule has 0 amide bonds. The highest BCUT2D eigenvalue weighted by molar-refractivity contribution is 5.54. The van der Waals surface area contributed by atoms with Crippen molar-refractivity contribution >= 4 is 5.69 Å². The lowest BCUT2D eigenvalue weighted by atomic mass is 9.98. The van der Waals surface area contributed by atoms with Gasteiger partial charge in [-0.1, -0.05) is 12.1 Å².